The normalized spacial score (nSPS) is 14.3. The number of hydrogen-bond acceptors (Lipinski definition) is 3. The Hall–Kier alpha value is -1.59. The maximum atomic E-state index is 12.8. The zero-order valence-electron chi connectivity index (χ0n) is 13.9. The number of hydrogen-bond donors (Lipinski definition) is 2. The Morgan fingerprint density at radius 1 is 1.08 bits per heavy atom. The van der Waals surface area contributed by atoms with Crippen molar-refractivity contribution in [1.29, 1.82) is 0 Å². The number of carbonyl (C=O) groups excluding carboxylic acids is 2. The lowest BCUT2D eigenvalue weighted by molar-refractivity contribution is 0.0923. The van der Waals surface area contributed by atoms with Gasteiger partial charge in [0.2, 0.25) is 0 Å². The van der Waals surface area contributed by atoms with Gasteiger partial charge < -0.3 is 11.1 Å². The van der Waals surface area contributed by atoms with Gasteiger partial charge in [0.05, 0.1) is 15.6 Å². The first kappa shape index (κ1) is 20.7. The summed E-state index contributed by atoms with van der Waals surface area (Å²) >= 11 is 11.9. The van der Waals surface area contributed by atoms with Crippen LogP contribution in [0.15, 0.2) is 42.5 Å². The molecule has 1 aliphatic rings. The molecular formula is C19H19Cl3N2O2. The molecule has 3 rings (SSSR count). The molecule has 0 bridgehead atoms. The van der Waals surface area contributed by atoms with Crippen molar-refractivity contribution in [3.05, 3.63) is 69.2 Å². The topological polar surface area (TPSA) is 72.2 Å². The Morgan fingerprint density at radius 3 is 2.31 bits per heavy atom. The molecule has 1 atom stereocenters. The van der Waals surface area contributed by atoms with Gasteiger partial charge in [0.1, 0.15) is 0 Å². The minimum absolute atomic E-state index is 0. The van der Waals surface area contributed by atoms with E-state index >= 15 is 0 Å². The fourth-order valence-electron chi connectivity index (χ4n) is 2.79. The van der Waals surface area contributed by atoms with Gasteiger partial charge >= 0.3 is 0 Å². The van der Waals surface area contributed by atoms with Crippen molar-refractivity contribution >= 4 is 47.3 Å². The van der Waals surface area contributed by atoms with Gasteiger partial charge in [0.15, 0.2) is 5.78 Å². The second-order valence-corrected chi connectivity index (χ2v) is 6.97. The lowest BCUT2D eigenvalue weighted by atomic mass is 9.97. The van der Waals surface area contributed by atoms with E-state index in [1.165, 1.54) is 6.07 Å². The maximum absolute atomic E-state index is 12.8. The zero-order valence-corrected chi connectivity index (χ0v) is 16.2. The van der Waals surface area contributed by atoms with Gasteiger partial charge in [-0.15, -0.1) is 12.4 Å². The van der Waals surface area contributed by atoms with Crippen LogP contribution in [-0.4, -0.2) is 24.3 Å². The molecule has 0 radical (unpaired) electrons. The minimum atomic E-state index is -0.286. The number of halogens is 3. The highest BCUT2D eigenvalue weighted by Gasteiger charge is 2.32. The molecular weight excluding hydrogens is 395 g/mol. The molecule has 4 nitrogen and oxygen atoms in total. The summed E-state index contributed by atoms with van der Waals surface area (Å²) in [6.07, 6.45) is 2.15. The summed E-state index contributed by atoms with van der Waals surface area (Å²) in [6.45, 7) is 0.388. The minimum Gasteiger partial charge on any atom is -0.348 e. The van der Waals surface area contributed by atoms with E-state index in [9.17, 15) is 9.59 Å². The van der Waals surface area contributed by atoms with Crippen LogP contribution in [0.3, 0.4) is 0 Å². The highest BCUT2D eigenvalue weighted by molar-refractivity contribution is 6.42. The van der Waals surface area contributed by atoms with Gasteiger partial charge in [0, 0.05) is 23.7 Å². The monoisotopic (exact) mass is 412 g/mol. The van der Waals surface area contributed by atoms with E-state index in [1.807, 2.05) is 0 Å². The number of ketones is 1. The number of rotatable bonds is 6. The predicted octanol–water partition coefficient (Wildman–Crippen LogP) is 4.11. The van der Waals surface area contributed by atoms with E-state index < -0.39 is 0 Å². The van der Waals surface area contributed by atoms with Gasteiger partial charge in [-0.25, -0.2) is 0 Å². The van der Waals surface area contributed by atoms with Gasteiger partial charge in [0.25, 0.3) is 5.91 Å². The molecule has 26 heavy (non-hydrogen) atoms. The van der Waals surface area contributed by atoms with Crippen LogP contribution in [0.1, 0.15) is 39.1 Å². The number of amides is 1. The summed E-state index contributed by atoms with van der Waals surface area (Å²) in [7, 11) is 0. The van der Waals surface area contributed by atoms with Crippen LogP contribution >= 0.6 is 35.6 Å². The SMILES string of the molecule is Cl.NCC(NC(=O)c1ccccc1C(=O)c1ccc(Cl)c(Cl)c1)C1CC1. The van der Waals surface area contributed by atoms with Crippen LogP contribution in [0.5, 0.6) is 0 Å². The van der Waals surface area contributed by atoms with E-state index in [0.717, 1.165) is 12.8 Å². The fourth-order valence-corrected chi connectivity index (χ4v) is 3.08. The maximum Gasteiger partial charge on any atom is 0.252 e. The summed E-state index contributed by atoms with van der Waals surface area (Å²) in [4.78, 5) is 25.5. The molecule has 0 spiro atoms. The first-order valence-corrected chi connectivity index (χ1v) is 8.86. The first-order valence-electron chi connectivity index (χ1n) is 8.11. The van der Waals surface area contributed by atoms with E-state index in [0.29, 0.717) is 39.2 Å². The van der Waals surface area contributed by atoms with Gasteiger partial charge in [-0.2, -0.15) is 0 Å². The Balaban J connectivity index is 0.00000243. The Labute approximate surface area is 168 Å². The highest BCUT2D eigenvalue weighted by Crippen LogP contribution is 2.32. The van der Waals surface area contributed by atoms with Gasteiger partial charge in [-0.3, -0.25) is 9.59 Å². The Bertz CT molecular complexity index is 822. The second kappa shape index (κ2) is 8.87. The van der Waals surface area contributed by atoms with Gasteiger partial charge in [-0.05, 0) is 43.0 Å². The molecule has 3 N–H and O–H groups in total. The van der Waals surface area contributed by atoms with E-state index in [1.54, 1.807) is 36.4 Å². The molecule has 0 aromatic heterocycles. The van der Waals surface area contributed by atoms with Crippen molar-refractivity contribution < 1.29 is 9.59 Å². The van der Waals surface area contributed by atoms with Gasteiger partial charge in [-0.1, -0.05) is 41.4 Å². The third-order valence-electron chi connectivity index (χ3n) is 4.36. The molecule has 1 saturated carbocycles. The molecule has 1 amide bonds. The van der Waals surface area contributed by atoms with Crippen LogP contribution in [0.2, 0.25) is 10.0 Å². The van der Waals surface area contributed by atoms with Crippen LogP contribution < -0.4 is 11.1 Å². The summed E-state index contributed by atoms with van der Waals surface area (Å²) in [5.41, 5.74) is 6.79. The predicted molar refractivity (Wildman–Crippen MR) is 107 cm³/mol. The molecule has 2 aromatic carbocycles. The molecule has 1 unspecified atom stereocenters. The molecule has 7 heteroatoms. The van der Waals surface area contributed by atoms with Crippen LogP contribution in [-0.2, 0) is 0 Å². The lowest BCUT2D eigenvalue weighted by Gasteiger charge is -2.17. The van der Waals surface area contributed by atoms with E-state index in [4.69, 9.17) is 28.9 Å². The third kappa shape index (κ3) is 4.57. The average Bonchev–Trinajstić information content (AvgIpc) is 3.46. The molecule has 1 aliphatic carbocycles. The zero-order chi connectivity index (χ0) is 18.0. The van der Waals surface area contributed by atoms with Crippen LogP contribution in [0, 0.1) is 5.92 Å². The Kier molecular flexibility index (Phi) is 7.07. The second-order valence-electron chi connectivity index (χ2n) is 6.16. The summed E-state index contributed by atoms with van der Waals surface area (Å²) in [5, 5.41) is 3.62. The first-order chi connectivity index (χ1) is 12.0. The lowest BCUT2D eigenvalue weighted by Crippen LogP contribution is -2.42. The van der Waals surface area contributed by atoms with Crippen molar-refractivity contribution in [2.45, 2.75) is 18.9 Å². The smallest absolute Gasteiger partial charge is 0.252 e. The molecule has 2 aromatic rings. The number of nitrogens with one attached hydrogen (secondary N) is 1. The molecule has 0 heterocycles. The quantitative estimate of drug-likeness (QED) is 0.700. The number of carbonyl (C=O) groups is 2. The molecule has 1 fully saturated rings. The van der Waals surface area contributed by atoms with Crippen molar-refractivity contribution in [3.8, 4) is 0 Å². The molecule has 138 valence electrons. The van der Waals surface area contributed by atoms with E-state index in [2.05, 4.69) is 5.32 Å². The molecule has 0 saturated heterocycles. The fraction of sp³-hybridized carbons (Fsp3) is 0.263. The average molecular weight is 414 g/mol. The van der Waals surface area contributed by atoms with Crippen molar-refractivity contribution in [2.75, 3.05) is 6.54 Å². The van der Waals surface area contributed by atoms with E-state index in [-0.39, 0.29) is 30.1 Å². The standard InChI is InChI=1S/C19H18Cl2N2O2.ClH/c20-15-8-7-12(9-16(15)21)18(24)13-3-1-2-4-14(13)19(25)23-17(10-22)11-5-6-11;/h1-4,7-9,11,17H,5-6,10,22H2,(H,23,25);1H. The van der Waals surface area contributed by atoms with Crippen molar-refractivity contribution in [2.24, 2.45) is 11.7 Å². The number of nitrogens with two attached hydrogens (primary N) is 1. The Morgan fingerprint density at radius 2 is 1.73 bits per heavy atom. The highest BCUT2D eigenvalue weighted by atomic mass is 35.5. The largest absolute Gasteiger partial charge is 0.348 e. The third-order valence-corrected chi connectivity index (χ3v) is 5.10. The van der Waals surface area contributed by atoms with Crippen molar-refractivity contribution in [1.82, 2.24) is 5.32 Å². The summed E-state index contributed by atoms with van der Waals surface area (Å²) in [6, 6.07) is 11.3. The van der Waals surface area contributed by atoms with Crippen LogP contribution in [0.4, 0.5) is 0 Å². The van der Waals surface area contributed by atoms with Crippen LogP contribution in [0.25, 0.3) is 0 Å². The summed E-state index contributed by atoms with van der Waals surface area (Å²) in [5.74, 6) is -0.127. The number of benzene rings is 2. The molecule has 0 aliphatic heterocycles. The van der Waals surface area contributed by atoms with Crippen molar-refractivity contribution in [3.63, 3.8) is 0 Å². The summed E-state index contributed by atoms with van der Waals surface area (Å²) < 4.78 is 0.